The van der Waals surface area contributed by atoms with Gasteiger partial charge in [-0.3, -0.25) is 4.90 Å². The van der Waals surface area contributed by atoms with Gasteiger partial charge in [-0.15, -0.1) is 0 Å². The summed E-state index contributed by atoms with van der Waals surface area (Å²) >= 11 is 0. The van der Waals surface area contributed by atoms with Crippen molar-refractivity contribution >= 4 is 11.9 Å². The molecule has 1 unspecified atom stereocenters. The fourth-order valence-corrected chi connectivity index (χ4v) is 12.5. The summed E-state index contributed by atoms with van der Waals surface area (Å²) in [6.45, 7) is 4.36. The minimum atomic E-state index is -1.22. The molecule has 8 rings (SSSR count). The van der Waals surface area contributed by atoms with E-state index in [-0.39, 0.29) is 65.2 Å². The van der Waals surface area contributed by atoms with Gasteiger partial charge < -0.3 is 28.8 Å². The van der Waals surface area contributed by atoms with Crippen molar-refractivity contribution in [2.24, 2.45) is 40.4 Å². The Morgan fingerprint density at radius 1 is 0.894 bits per heavy atom. The molecule has 6 fully saturated rings. The van der Waals surface area contributed by atoms with E-state index in [0.717, 1.165) is 19.5 Å². The van der Waals surface area contributed by atoms with Crippen LogP contribution in [0.3, 0.4) is 0 Å². The summed E-state index contributed by atoms with van der Waals surface area (Å²) in [4.78, 5) is 30.1. The van der Waals surface area contributed by atoms with E-state index in [4.69, 9.17) is 23.7 Å². The number of ether oxygens (including phenoxy) is 5. The van der Waals surface area contributed by atoms with Crippen molar-refractivity contribution in [2.75, 3.05) is 41.0 Å². The fourth-order valence-electron chi connectivity index (χ4n) is 12.5. The average molecular weight is 646 g/mol. The van der Waals surface area contributed by atoms with Gasteiger partial charge in [0.15, 0.2) is 0 Å². The lowest BCUT2D eigenvalue weighted by Gasteiger charge is -2.68. The number of carbonyl (C=O) groups is 2. The first-order valence-electron chi connectivity index (χ1n) is 17.3. The fraction of sp³-hybridized carbons (Fsp3) is 0.632. The van der Waals surface area contributed by atoms with Crippen molar-refractivity contribution < 1.29 is 38.4 Å². The first-order chi connectivity index (χ1) is 22.8. The molecule has 13 atom stereocenters. The summed E-state index contributed by atoms with van der Waals surface area (Å²) in [5.74, 6) is -1.60. The Morgan fingerprint density at radius 2 is 1.55 bits per heavy atom. The lowest BCUT2D eigenvalue weighted by atomic mass is 9.43. The molecule has 0 amide bonds. The summed E-state index contributed by atoms with van der Waals surface area (Å²) in [5, 5.41) is 13.4. The standard InChI is InChI=1S/C38H47NO8/c1-5-39-20-36(21-43-2)17-16-27(46-34(40)22-12-8-6-9-13-22)38-25-18-24-26(44-3)19-37(42,29(33(38)39)31(45-4)32(36)38)28(25)30(24)47-35(41)23-14-10-7-11-15-23/h6-15,24-33,42H,5,16-21H2,1-4H3/t24-,25-,26+,27+,28-,29+,30+,31+,32-,33?,36+,37-,38+/m1/s1. The van der Waals surface area contributed by atoms with Gasteiger partial charge in [0, 0.05) is 74.8 Å². The molecule has 1 saturated heterocycles. The Morgan fingerprint density at radius 3 is 2.15 bits per heavy atom. The molecule has 1 heterocycles. The number of aliphatic hydroxyl groups is 1. The molecule has 9 heteroatoms. The van der Waals surface area contributed by atoms with E-state index in [1.54, 1.807) is 45.6 Å². The van der Waals surface area contributed by atoms with Crippen molar-refractivity contribution in [3.05, 3.63) is 71.8 Å². The number of benzene rings is 2. The highest BCUT2D eigenvalue weighted by Gasteiger charge is 2.87. The largest absolute Gasteiger partial charge is 0.458 e. The summed E-state index contributed by atoms with van der Waals surface area (Å²) in [7, 11) is 5.23. The predicted molar refractivity (Wildman–Crippen MR) is 172 cm³/mol. The molecule has 7 bridgehead atoms. The van der Waals surface area contributed by atoms with Gasteiger partial charge in [-0.25, -0.2) is 9.59 Å². The number of methoxy groups -OCH3 is 3. The molecule has 0 aromatic heterocycles. The zero-order valence-electron chi connectivity index (χ0n) is 27.7. The summed E-state index contributed by atoms with van der Waals surface area (Å²) < 4.78 is 32.0. The molecular weight excluding hydrogens is 598 g/mol. The summed E-state index contributed by atoms with van der Waals surface area (Å²) in [5.41, 5.74) is -1.01. The van der Waals surface area contributed by atoms with E-state index in [1.807, 2.05) is 36.4 Å². The van der Waals surface area contributed by atoms with Crippen LogP contribution in [-0.2, 0) is 23.7 Å². The quantitative estimate of drug-likeness (QED) is 0.402. The Hall–Kier alpha value is -2.82. The van der Waals surface area contributed by atoms with E-state index in [0.29, 0.717) is 37.0 Å². The van der Waals surface area contributed by atoms with E-state index < -0.39 is 23.2 Å². The topological polar surface area (TPSA) is 104 Å². The summed E-state index contributed by atoms with van der Waals surface area (Å²) in [6, 6.07) is 18.2. The Balaban J connectivity index is 1.31. The van der Waals surface area contributed by atoms with E-state index in [1.165, 1.54) is 0 Å². The highest BCUT2D eigenvalue weighted by atomic mass is 16.6. The second-order valence-corrected chi connectivity index (χ2v) is 15.0. The lowest BCUT2D eigenvalue weighted by molar-refractivity contribution is -0.271. The van der Waals surface area contributed by atoms with E-state index in [2.05, 4.69) is 11.8 Å². The number of rotatable bonds is 9. The van der Waals surface area contributed by atoms with Crippen molar-refractivity contribution in [3.63, 3.8) is 0 Å². The molecule has 1 aliphatic heterocycles. The SMILES string of the molecule is CCN1C[C@]2(COC)CC[C@H](OC(=O)c3ccccc3)[C@]34C1[C@H]([C@H](OC)[C@H]23)[C@@]1(O)C[C@H](OC)[C@H]2C[C@@H]4[C@@H]1[C@H]2OC(=O)c1ccccc1. The first kappa shape index (κ1) is 31.4. The van der Waals surface area contributed by atoms with Gasteiger partial charge >= 0.3 is 11.9 Å². The highest BCUT2D eigenvalue weighted by molar-refractivity contribution is 5.90. The highest BCUT2D eigenvalue weighted by Crippen LogP contribution is 2.79. The van der Waals surface area contributed by atoms with Crippen LogP contribution in [0.2, 0.25) is 0 Å². The van der Waals surface area contributed by atoms with E-state index >= 15 is 0 Å². The molecule has 47 heavy (non-hydrogen) atoms. The molecule has 1 spiro atoms. The third-order valence-corrected chi connectivity index (χ3v) is 13.6. The zero-order chi connectivity index (χ0) is 32.7. The number of nitrogens with zero attached hydrogens (tertiary/aromatic N) is 1. The molecule has 9 nitrogen and oxygen atoms in total. The molecule has 5 aliphatic carbocycles. The van der Waals surface area contributed by atoms with Crippen LogP contribution in [0.4, 0.5) is 0 Å². The maximum absolute atomic E-state index is 13.9. The number of carbonyl (C=O) groups excluding carboxylic acids is 2. The molecule has 2 aromatic carbocycles. The Kier molecular flexibility index (Phi) is 7.61. The number of hydrogen-bond acceptors (Lipinski definition) is 9. The third-order valence-electron chi connectivity index (χ3n) is 13.6. The molecule has 2 aromatic rings. The van der Waals surface area contributed by atoms with Gasteiger partial charge in [-0.2, -0.15) is 0 Å². The Labute approximate surface area is 276 Å². The van der Waals surface area contributed by atoms with Crippen LogP contribution >= 0.6 is 0 Å². The zero-order valence-corrected chi connectivity index (χ0v) is 27.7. The van der Waals surface area contributed by atoms with Crippen LogP contribution in [0.15, 0.2) is 60.7 Å². The van der Waals surface area contributed by atoms with Crippen molar-refractivity contribution in [3.8, 4) is 0 Å². The number of likely N-dealkylation sites (tertiary alicyclic amines) is 1. The van der Waals surface area contributed by atoms with Gasteiger partial charge in [0.1, 0.15) is 12.2 Å². The lowest BCUT2D eigenvalue weighted by Crippen LogP contribution is -2.76. The normalized spacial score (nSPS) is 44.2. The molecule has 252 valence electrons. The van der Waals surface area contributed by atoms with Crippen LogP contribution < -0.4 is 0 Å². The smallest absolute Gasteiger partial charge is 0.338 e. The molecule has 0 radical (unpaired) electrons. The molecule has 1 N–H and O–H groups in total. The summed E-state index contributed by atoms with van der Waals surface area (Å²) in [6.07, 6.45) is 1.11. The molecule has 5 saturated carbocycles. The monoisotopic (exact) mass is 645 g/mol. The third kappa shape index (κ3) is 4.13. The van der Waals surface area contributed by atoms with Crippen LogP contribution in [-0.4, -0.2) is 99.0 Å². The molecular formula is C38H47NO8. The minimum absolute atomic E-state index is 0.0232. The van der Waals surface area contributed by atoms with Crippen molar-refractivity contribution in [2.45, 2.75) is 68.7 Å². The second kappa shape index (κ2) is 11.4. The second-order valence-electron chi connectivity index (χ2n) is 15.0. The van der Waals surface area contributed by atoms with E-state index in [9.17, 15) is 14.7 Å². The van der Waals surface area contributed by atoms with Gasteiger partial charge in [-0.05, 0) is 56.0 Å². The van der Waals surface area contributed by atoms with Crippen molar-refractivity contribution in [1.82, 2.24) is 4.90 Å². The van der Waals surface area contributed by atoms with Gasteiger partial charge in [0.25, 0.3) is 0 Å². The van der Waals surface area contributed by atoms with Crippen molar-refractivity contribution in [1.29, 1.82) is 0 Å². The van der Waals surface area contributed by atoms with Crippen LogP contribution in [0, 0.1) is 40.4 Å². The van der Waals surface area contributed by atoms with Crippen LogP contribution in [0.25, 0.3) is 0 Å². The first-order valence-corrected chi connectivity index (χ1v) is 17.3. The number of piperidine rings is 1. The van der Waals surface area contributed by atoms with Gasteiger partial charge in [-0.1, -0.05) is 43.3 Å². The average Bonchev–Trinajstić information content (AvgIpc) is 3.53. The minimum Gasteiger partial charge on any atom is -0.458 e. The maximum atomic E-state index is 13.9. The molecule has 6 aliphatic rings. The van der Waals surface area contributed by atoms with Crippen LogP contribution in [0.1, 0.15) is 53.3 Å². The number of fused-ring (bicyclic) bond motifs is 2. The predicted octanol–water partition coefficient (Wildman–Crippen LogP) is 4.23. The number of esters is 2. The maximum Gasteiger partial charge on any atom is 0.338 e. The Bertz CT molecular complexity index is 1510. The van der Waals surface area contributed by atoms with Gasteiger partial charge in [0.2, 0.25) is 0 Å². The number of hydrogen-bond donors (Lipinski definition) is 1. The van der Waals surface area contributed by atoms with Gasteiger partial charge in [0.05, 0.1) is 35.5 Å². The van der Waals surface area contributed by atoms with Crippen LogP contribution in [0.5, 0.6) is 0 Å².